The van der Waals surface area contributed by atoms with E-state index < -0.39 is 23.6 Å². The largest absolute Gasteiger partial charge is 0.351 e. The number of amides is 3. The summed E-state index contributed by atoms with van der Waals surface area (Å²) in [5, 5.41) is 2.64. The summed E-state index contributed by atoms with van der Waals surface area (Å²) in [5.41, 5.74) is 2.72. The van der Waals surface area contributed by atoms with Crippen LogP contribution < -0.4 is 5.32 Å². The Labute approximate surface area is 139 Å². The van der Waals surface area contributed by atoms with E-state index in [2.05, 4.69) is 10.3 Å². The number of benzene rings is 1. The molecule has 2 heterocycles. The lowest BCUT2D eigenvalue weighted by molar-refractivity contribution is -0.144. The Kier molecular flexibility index (Phi) is 4.12. The molecule has 0 radical (unpaired) electrons. The summed E-state index contributed by atoms with van der Waals surface area (Å²) in [6.07, 6.45) is 4.96. The van der Waals surface area contributed by atoms with E-state index in [-0.39, 0.29) is 12.4 Å². The number of carbonyl (C=O) groups is 3. The number of amidine groups is 1. The van der Waals surface area contributed by atoms with Gasteiger partial charge in [0.1, 0.15) is 5.84 Å². The molecule has 1 N–H and O–H groups in total. The van der Waals surface area contributed by atoms with Gasteiger partial charge in [-0.15, -0.1) is 0 Å². The first-order valence-corrected chi connectivity index (χ1v) is 7.61. The zero-order chi connectivity index (χ0) is 17.3. The van der Waals surface area contributed by atoms with E-state index in [9.17, 15) is 14.4 Å². The van der Waals surface area contributed by atoms with Crippen LogP contribution in [0.5, 0.6) is 0 Å². The van der Waals surface area contributed by atoms with Crippen molar-refractivity contribution in [3.63, 3.8) is 0 Å². The summed E-state index contributed by atoms with van der Waals surface area (Å²) in [5.74, 6) is -3.08. The Balaban J connectivity index is 1.74. The molecule has 0 spiro atoms. The topological polar surface area (TPSA) is 78.8 Å². The molecule has 0 bridgehead atoms. The Morgan fingerprint density at radius 3 is 2.62 bits per heavy atom. The highest BCUT2D eigenvalue weighted by atomic mass is 16.2. The third kappa shape index (κ3) is 2.90. The van der Waals surface area contributed by atoms with Gasteiger partial charge in [0, 0.05) is 12.7 Å². The van der Waals surface area contributed by atoms with Crippen molar-refractivity contribution in [3.05, 3.63) is 59.3 Å². The summed E-state index contributed by atoms with van der Waals surface area (Å²) >= 11 is 0. The number of allylic oxidation sites excluding steroid dienone is 2. The van der Waals surface area contributed by atoms with Crippen LogP contribution in [-0.4, -0.2) is 28.5 Å². The summed E-state index contributed by atoms with van der Waals surface area (Å²) in [6, 6.07) is 7.64. The maximum absolute atomic E-state index is 12.5. The fourth-order valence-electron chi connectivity index (χ4n) is 2.56. The van der Waals surface area contributed by atoms with Gasteiger partial charge in [-0.25, -0.2) is 0 Å². The first-order valence-electron chi connectivity index (χ1n) is 7.61. The first-order chi connectivity index (χ1) is 11.5. The molecule has 1 unspecified atom stereocenters. The van der Waals surface area contributed by atoms with Crippen molar-refractivity contribution < 1.29 is 14.4 Å². The fourth-order valence-corrected chi connectivity index (χ4v) is 2.56. The second-order valence-electron chi connectivity index (χ2n) is 5.81. The Morgan fingerprint density at radius 2 is 1.92 bits per heavy atom. The second kappa shape index (κ2) is 6.23. The van der Waals surface area contributed by atoms with E-state index in [1.54, 1.807) is 19.1 Å². The smallest absolute Gasteiger partial charge is 0.269 e. The lowest BCUT2D eigenvalue weighted by Gasteiger charge is -2.29. The third-order valence-corrected chi connectivity index (χ3v) is 3.96. The minimum absolute atomic E-state index is 0.252. The van der Waals surface area contributed by atoms with Crippen LogP contribution >= 0.6 is 0 Å². The molecule has 0 saturated heterocycles. The molecule has 3 amide bonds. The van der Waals surface area contributed by atoms with Gasteiger partial charge >= 0.3 is 0 Å². The van der Waals surface area contributed by atoms with E-state index in [1.165, 1.54) is 11.1 Å². The zero-order valence-corrected chi connectivity index (χ0v) is 13.4. The predicted molar refractivity (Wildman–Crippen MR) is 88.7 cm³/mol. The van der Waals surface area contributed by atoms with Gasteiger partial charge in [-0.05, 0) is 31.1 Å². The minimum Gasteiger partial charge on any atom is -0.351 e. The van der Waals surface area contributed by atoms with Crippen LogP contribution in [0.2, 0.25) is 0 Å². The molecule has 3 rings (SSSR count). The van der Waals surface area contributed by atoms with Crippen LogP contribution in [0.15, 0.2) is 53.2 Å². The first kappa shape index (κ1) is 15.9. The Hall–Kier alpha value is -3.02. The Morgan fingerprint density at radius 1 is 1.21 bits per heavy atom. The highest BCUT2D eigenvalue weighted by molar-refractivity contribution is 6.28. The molecule has 2 aliphatic heterocycles. The van der Waals surface area contributed by atoms with Gasteiger partial charge in [-0.2, -0.15) is 4.99 Å². The number of nitrogens with zero attached hydrogens (tertiary/aromatic N) is 2. The molecule has 24 heavy (non-hydrogen) atoms. The molecular weight excluding hydrogens is 306 g/mol. The lowest BCUT2D eigenvalue weighted by Crippen LogP contribution is -2.51. The third-order valence-electron chi connectivity index (χ3n) is 3.96. The number of aliphatic imine (C=N–C) groups is 1. The van der Waals surface area contributed by atoms with Crippen molar-refractivity contribution in [2.24, 2.45) is 10.9 Å². The number of aryl methyl sites for hydroxylation is 1. The van der Waals surface area contributed by atoms with E-state index in [0.717, 1.165) is 11.1 Å². The molecule has 1 aromatic rings. The number of nitrogens with one attached hydrogen (secondary N) is 1. The Bertz CT molecular complexity index is 803. The quantitative estimate of drug-likeness (QED) is 0.856. The molecule has 2 aliphatic rings. The summed E-state index contributed by atoms with van der Waals surface area (Å²) in [6.45, 7) is 3.98. The average Bonchev–Trinajstić information content (AvgIpc) is 2.55. The lowest BCUT2D eigenvalue weighted by atomic mass is 10.0. The normalized spacial score (nSPS) is 19.6. The van der Waals surface area contributed by atoms with E-state index in [1.807, 2.05) is 31.2 Å². The molecule has 0 aromatic heterocycles. The summed E-state index contributed by atoms with van der Waals surface area (Å²) < 4.78 is 0. The van der Waals surface area contributed by atoms with Gasteiger partial charge in [0.2, 0.25) is 5.91 Å². The van der Waals surface area contributed by atoms with E-state index in [0.29, 0.717) is 5.57 Å². The van der Waals surface area contributed by atoms with Crippen LogP contribution in [0, 0.1) is 12.8 Å². The minimum atomic E-state index is -1.44. The standard InChI is InChI=1S/C18H17N3O3/c1-11-5-7-13(8-6-11)10-19-16(22)14-17(23)20-15-12(2)4-3-9-21(15)18(14)24/h3-9,14H,10H2,1-2H3,(H,19,22). The summed E-state index contributed by atoms with van der Waals surface area (Å²) in [7, 11) is 0. The molecule has 0 aliphatic carbocycles. The highest BCUT2D eigenvalue weighted by Gasteiger charge is 2.42. The maximum atomic E-state index is 12.5. The molecule has 6 heteroatoms. The zero-order valence-electron chi connectivity index (χ0n) is 13.4. The van der Waals surface area contributed by atoms with E-state index in [4.69, 9.17) is 0 Å². The molecule has 122 valence electrons. The van der Waals surface area contributed by atoms with Crippen molar-refractivity contribution in [2.75, 3.05) is 0 Å². The van der Waals surface area contributed by atoms with Gasteiger partial charge in [-0.1, -0.05) is 35.9 Å². The van der Waals surface area contributed by atoms with Crippen molar-refractivity contribution in [2.45, 2.75) is 20.4 Å². The molecule has 0 fully saturated rings. The molecular formula is C18H17N3O3. The average molecular weight is 323 g/mol. The fraction of sp³-hybridized carbons (Fsp3) is 0.222. The van der Waals surface area contributed by atoms with Gasteiger partial charge in [0.05, 0.1) is 0 Å². The monoisotopic (exact) mass is 323 g/mol. The number of hydrogen-bond acceptors (Lipinski definition) is 3. The molecule has 1 aromatic carbocycles. The van der Waals surface area contributed by atoms with Gasteiger partial charge < -0.3 is 5.32 Å². The number of carbonyl (C=O) groups excluding carboxylic acids is 3. The number of hydrogen-bond donors (Lipinski definition) is 1. The SMILES string of the molecule is CC1=CC=CN2C(=O)C(C(=O)NCc3ccc(C)cc3)C(=O)N=C12. The van der Waals surface area contributed by atoms with Crippen LogP contribution in [-0.2, 0) is 20.9 Å². The van der Waals surface area contributed by atoms with Crippen LogP contribution in [0.1, 0.15) is 18.1 Å². The van der Waals surface area contributed by atoms with Gasteiger partial charge in [0.15, 0.2) is 5.92 Å². The molecule has 6 nitrogen and oxygen atoms in total. The molecule has 1 atom stereocenters. The van der Waals surface area contributed by atoms with Crippen molar-refractivity contribution in [1.29, 1.82) is 0 Å². The molecule has 0 saturated carbocycles. The maximum Gasteiger partial charge on any atom is 0.269 e. The van der Waals surface area contributed by atoms with Crippen molar-refractivity contribution in [1.82, 2.24) is 10.2 Å². The van der Waals surface area contributed by atoms with Gasteiger partial charge in [-0.3, -0.25) is 19.3 Å². The second-order valence-corrected chi connectivity index (χ2v) is 5.81. The van der Waals surface area contributed by atoms with Crippen molar-refractivity contribution in [3.8, 4) is 0 Å². The highest BCUT2D eigenvalue weighted by Crippen LogP contribution is 2.21. The van der Waals surface area contributed by atoms with E-state index >= 15 is 0 Å². The van der Waals surface area contributed by atoms with Crippen LogP contribution in [0.4, 0.5) is 0 Å². The number of rotatable bonds is 3. The predicted octanol–water partition coefficient (Wildman–Crippen LogP) is 1.47. The summed E-state index contributed by atoms with van der Waals surface area (Å²) in [4.78, 5) is 42.1. The van der Waals surface area contributed by atoms with Gasteiger partial charge in [0.25, 0.3) is 11.8 Å². The van der Waals surface area contributed by atoms with Crippen molar-refractivity contribution >= 4 is 23.6 Å². The van der Waals surface area contributed by atoms with Crippen LogP contribution in [0.3, 0.4) is 0 Å². The van der Waals surface area contributed by atoms with Crippen LogP contribution in [0.25, 0.3) is 0 Å². The number of fused-ring (bicyclic) bond motifs is 1.